The number of hydrogen-bond donors (Lipinski definition) is 2. The van der Waals surface area contributed by atoms with Crippen molar-refractivity contribution in [3.63, 3.8) is 0 Å². The van der Waals surface area contributed by atoms with Gasteiger partial charge in [0.2, 0.25) is 0 Å². The molecule has 1 aromatic heterocycles. The van der Waals surface area contributed by atoms with Gasteiger partial charge in [0.25, 0.3) is 0 Å². The fourth-order valence-corrected chi connectivity index (χ4v) is 2.08. The standard InChI is InChI=1S/C12H12Cl2N4/c1-6-11(14)7(2)18(17-6)10-4-3-8(12(15)16)5-9(10)13/h3-5H,1-2H3,(H3,15,16). The van der Waals surface area contributed by atoms with Crippen LogP contribution in [-0.4, -0.2) is 15.6 Å². The molecule has 0 saturated carbocycles. The van der Waals surface area contributed by atoms with Gasteiger partial charge in [0.05, 0.1) is 27.1 Å². The molecule has 0 spiro atoms. The van der Waals surface area contributed by atoms with Crippen LogP contribution >= 0.6 is 23.2 Å². The molecule has 0 aliphatic heterocycles. The Morgan fingerprint density at radius 3 is 2.44 bits per heavy atom. The Balaban J connectivity index is 2.58. The van der Waals surface area contributed by atoms with Crippen molar-refractivity contribution >= 4 is 29.0 Å². The number of nitrogens with zero attached hydrogens (tertiary/aromatic N) is 2. The molecule has 0 amide bonds. The minimum Gasteiger partial charge on any atom is -0.384 e. The van der Waals surface area contributed by atoms with Crippen molar-refractivity contribution in [3.8, 4) is 5.69 Å². The van der Waals surface area contributed by atoms with Crippen LogP contribution in [0.4, 0.5) is 0 Å². The lowest BCUT2D eigenvalue weighted by molar-refractivity contribution is 0.834. The predicted molar refractivity (Wildman–Crippen MR) is 74.1 cm³/mol. The summed E-state index contributed by atoms with van der Waals surface area (Å²) in [6, 6.07) is 5.15. The van der Waals surface area contributed by atoms with Crippen LogP contribution in [-0.2, 0) is 0 Å². The number of halogens is 2. The highest BCUT2D eigenvalue weighted by Gasteiger charge is 2.13. The SMILES string of the molecule is Cc1nn(-c2ccc(C(=N)N)cc2Cl)c(C)c1Cl. The third-order valence-electron chi connectivity index (χ3n) is 2.69. The zero-order chi connectivity index (χ0) is 13.4. The predicted octanol–water partition coefficient (Wildman–Crippen LogP) is 3.08. The second-order valence-electron chi connectivity index (χ2n) is 3.98. The monoisotopic (exact) mass is 282 g/mol. The first-order chi connectivity index (χ1) is 8.41. The molecule has 2 aromatic rings. The normalized spacial score (nSPS) is 10.7. The van der Waals surface area contributed by atoms with E-state index in [2.05, 4.69) is 5.10 Å². The smallest absolute Gasteiger partial charge is 0.122 e. The van der Waals surface area contributed by atoms with Crippen LogP contribution in [0.15, 0.2) is 18.2 Å². The fraction of sp³-hybridized carbons (Fsp3) is 0.167. The molecular weight excluding hydrogens is 271 g/mol. The lowest BCUT2D eigenvalue weighted by Crippen LogP contribution is -2.11. The quantitative estimate of drug-likeness (QED) is 0.657. The summed E-state index contributed by atoms with van der Waals surface area (Å²) in [7, 11) is 0. The van der Waals surface area contributed by atoms with Crippen LogP contribution < -0.4 is 5.73 Å². The highest BCUT2D eigenvalue weighted by Crippen LogP contribution is 2.27. The molecular formula is C12H12Cl2N4. The van der Waals surface area contributed by atoms with Crippen molar-refractivity contribution in [2.24, 2.45) is 5.73 Å². The topological polar surface area (TPSA) is 67.7 Å². The van der Waals surface area contributed by atoms with Gasteiger partial charge in [-0.1, -0.05) is 23.2 Å². The van der Waals surface area contributed by atoms with E-state index >= 15 is 0 Å². The third-order valence-corrected chi connectivity index (χ3v) is 3.54. The lowest BCUT2D eigenvalue weighted by atomic mass is 10.2. The second kappa shape index (κ2) is 4.63. The summed E-state index contributed by atoms with van der Waals surface area (Å²) in [5.41, 5.74) is 8.28. The van der Waals surface area contributed by atoms with E-state index in [4.69, 9.17) is 34.3 Å². The van der Waals surface area contributed by atoms with Crippen molar-refractivity contribution in [1.29, 1.82) is 5.41 Å². The second-order valence-corrected chi connectivity index (χ2v) is 4.76. The van der Waals surface area contributed by atoms with E-state index in [-0.39, 0.29) is 5.84 Å². The molecule has 4 nitrogen and oxygen atoms in total. The van der Waals surface area contributed by atoms with E-state index in [9.17, 15) is 0 Å². The number of aryl methyl sites for hydroxylation is 1. The first-order valence-electron chi connectivity index (χ1n) is 5.28. The number of amidine groups is 1. The molecule has 0 aliphatic rings. The zero-order valence-electron chi connectivity index (χ0n) is 9.96. The van der Waals surface area contributed by atoms with E-state index in [1.807, 2.05) is 13.8 Å². The number of nitrogens with two attached hydrogens (primary N) is 1. The zero-order valence-corrected chi connectivity index (χ0v) is 11.5. The molecule has 1 aromatic carbocycles. The van der Waals surface area contributed by atoms with Crippen LogP contribution in [0.3, 0.4) is 0 Å². The summed E-state index contributed by atoms with van der Waals surface area (Å²) in [6.45, 7) is 3.71. The molecule has 0 unspecified atom stereocenters. The number of benzene rings is 1. The number of nitrogen functional groups attached to an aromatic ring is 1. The van der Waals surface area contributed by atoms with Crippen molar-refractivity contribution in [2.75, 3.05) is 0 Å². The van der Waals surface area contributed by atoms with Crippen molar-refractivity contribution in [2.45, 2.75) is 13.8 Å². The molecule has 2 rings (SSSR count). The summed E-state index contributed by atoms with van der Waals surface area (Å²) in [6.07, 6.45) is 0. The number of hydrogen-bond acceptors (Lipinski definition) is 2. The van der Waals surface area contributed by atoms with Crippen LogP contribution in [0.25, 0.3) is 5.69 Å². The van der Waals surface area contributed by atoms with E-state index < -0.39 is 0 Å². The van der Waals surface area contributed by atoms with Crippen molar-refractivity contribution in [1.82, 2.24) is 9.78 Å². The van der Waals surface area contributed by atoms with Crippen LogP contribution in [0.2, 0.25) is 10.0 Å². The summed E-state index contributed by atoms with van der Waals surface area (Å²) >= 11 is 12.3. The van der Waals surface area contributed by atoms with Gasteiger partial charge < -0.3 is 5.73 Å². The lowest BCUT2D eigenvalue weighted by Gasteiger charge is -2.08. The summed E-state index contributed by atoms with van der Waals surface area (Å²) in [4.78, 5) is 0. The molecule has 6 heteroatoms. The molecule has 94 valence electrons. The van der Waals surface area contributed by atoms with Gasteiger partial charge in [0.1, 0.15) is 5.84 Å². The molecule has 0 saturated heterocycles. The highest BCUT2D eigenvalue weighted by molar-refractivity contribution is 6.33. The summed E-state index contributed by atoms with van der Waals surface area (Å²) in [5.74, 6) is -0.0187. The summed E-state index contributed by atoms with van der Waals surface area (Å²) < 4.78 is 1.68. The molecule has 1 heterocycles. The van der Waals surface area contributed by atoms with E-state index in [1.54, 1.807) is 22.9 Å². The highest BCUT2D eigenvalue weighted by atomic mass is 35.5. The van der Waals surface area contributed by atoms with Crippen LogP contribution in [0.5, 0.6) is 0 Å². The molecule has 3 N–H and O–H groups in total. The average Bonchev–Trinajstić information content (AvgIpc) is 2.57. The minimum atomic E-state index is -0.0187. The summed E-state index contributed by atoms with van der Waals surface area (Å²) in [5, 5.41) is 12.8. The number of rotatable bonds is 2. The molecule has 0 fully saturated rings. The molecule has 0 radical (unpaired) electrons. The Morgan fingerprint density at radius 1 is 1.33 bits per heavy atom. The number of nitrogens with one attached hydrogen (secondary N) is 1. The van der Waals surface area contributed by atoms with Gasteiger partial charge in [0.15, 0.2) is 0 Å². The third kappa shape index (κ3) is 2.09. The van der Waals surface area contributed by atoms with Gasteiger partial charge in [-0.05, 0) is 32.0 Å². The van der Waals surface area contributed by atoms with Crippen LogP contribution in [0, 0.1) is 19.3 Å². The van der Waals surface area contributed by atoms with Gasteiger partial charge in [-0.25, -0.2) is 4.68 Å². The van der Waals surface area contributed by atoms with E-state index in [0.29, 0.717) is 21.3 Å². The van der Waals surface area contributed by atoms with Gasteiger partial charge >= 0.3 is 0 Å². The maximum Gasteiger partial charge on any atom is 0.122 e. The van der Waals surface area contributed by atoms with Gasteiger partial charge in [0, 0.05) is 5.56 Å². The van der Waals surface area contributed by atoms with Gasteiger partial charge in [-0.15, -0.1) is 0 Å². The molecule has 0 aliphatic carbocycles. The Bertz CT molecular complexity index is 631. The van der Waals surface area contributed by atoms with Gasteiger partial charge in [-0.2, -0.15) is 5.10 Å². The Hall–Kier alpha value is -1.52. The minimum absolute atomic E-state index is 0.0187. The van der Waals surface area contributed by atoms with Crippen LogP contribution in [0.1, 0.15) is 17.0 Å². The number of aromatic nitrogens is 2. The maximum absolute atomic E-state index is 7.36. The Kier molecular flexibility index (Phi) is 3.32. The average molecular weight is 283 g/mol. The maximum atomic E-state index is 7.36. The van der Waals surface area contributed by atoms with Crippen molar-refractivity contribution in [3.05, 3.63) is 45.2 Å². The first kappa shape index (κ1) is 12.9. The molecule has 0 atom stereocenters. The van der Waals surface area contributed by atoms with E-state index in [0.717, 1.165) is 11.4 Å². The largest absolute Gasteiger partial charge is 0.384 e. The van der Waals surface area contributed by atoms with Crippen molar-refractivity contribution < 1.29 is 0 Å². The fourth-order valence-electron chi connectivity index (χ4n) is 1.70. The first-order valence-corrected chi connectivity index (χ1v) is 6.03. The Morgan fingerprint density at radius 2 is 2.00 bits per heavy atom. The van der Waals surface area contributed by atoms with E-state index in [1.165, 1.54) is 0 Å². The molecule has 0 bridgehead atoms. The van der Waals surface area contributed by atoms with Gasteiger partial charge in [-0.3, -0.25) is 5.41 Å². The molecule has 18 heavy (non-hydrogen) atoms. The Labute approximate surface area is 115 Å².